The molecule has 0 radical (unpaired) electrons. The van der Waals surface area contributed by atoms with E-state index in [9.17, 15) is 8.42 Å². The number of nitrogens with zero attached hydrogens (tertiary/aromatic N) is 1. The van der Waals surface area contributed by atoms with E-state index in [1.165, 1.54) is 21.8 Å². The summed E-state index contributed by atoms with van der Waals surface area (Å²) in [4.78, 5) is 1.36. The van der Waals surface area contributed by atoms with Crippen molar-refractivity contribution < 1.29 is 22.8 Å². The van der Waals surface area contributed by atoms with Gasteiger partial charge in [-0.1, -0.05) is 0 Å². The van der Waals surface area contributed by atoms with Crippen LogP contribution in [-0.4, -0.2) is 45.7 Å². The van der Waals surface area contributed by atoms with Crippen molar-refractivity contribution in [3.05, 3.63) is 38.1 Å². The minimum Gasteiger partial charge on any atom is -0.454 e. The van der Waals surface area contributed by atoms with Crippen molar-refractivity contribution in [3.8, 4) is 11.5 Å². The van der Waals surface area contributed by atoms with Gasteiger partial charge in [0.15, 0.2) is 11.5 Å². The zero-order chi connectivity index (χ0) is 18.3. The van der Waals surface area contributed by atoms with Crippen LogP contribution in [0.25, 0.3) is 0 Å². The van der Waals surface area contributed by atoms with Crippen LogP contribution in [0, 0.1) is 0 Å². The van der Waals surface area contributed by atoms with Crippen LogP contribution in [0.2, 0.25) is 0 Å². The highest BCUT2D eigenvalue weighted by atomic mass is 79.9. The van der Waals surface area contributed by atoms with Gasteiger partial charge in [0, 0.05) is 10.0 Å². The van der Waals surface area contributed by atoms with Gasteiger partial charge in [0.05, 0.1) is 30.0 Å². The van der Waals surface area contributed by atoms with Crippen molar-refractivity contribution in [1.82, 2.24) is 4.31 Å². The Morgan fingerprint density at radius 3 is 2.54 bits per heavy atom. The van der Waals surface area contributed by atoms with Crippen molar-refractivity contribution in [2.45, 2.75) is 10.8 Å². The summed E-state index contributed by atoms with van der Waals surface area (Å²) in [6, 6.07) is 7.66. The molecule has 0 saturated carbocycles. The maximum absolute atomic E-state index is 12.8. The lowest BCUT2D eigenvalue weighted by molar-refractivity contribution is -0.917. The average molecular weight is 525 g/mol. The fraction of sp³-hybridized carbons (Fsp3) is 0.375. The maximum Gasteiger partial charge on any atom is 0.253 e. The van der Waals surface area contributed by atoms with E-state index >= 15 is 0 Å². The molecule has 0 atom stereocenters. The molecule has 140 valence electrons. The summed E-state index contributed by atoms with van der Waals surface area (Å²) in [5, 5.41) is 0. The SMILES string of the molecule is O=S(=O)(c1cc(Br)c(Br)s1)N1CC[NH+](Cc2ccc3c(c2)OCO3)CC1. The van der Waals surface area contributed by atoms with Gasteiger partial charge in [-0.3, -0.25) is 0 Å². The van der Waals surface area contributed by atoms with Gasteiger partial charge in [0.2, 0.25) is 6.79 Å². The number of hydrogen-bond donors (Lipinski definition) is 1. The molecule has 1 aromatic heterocycles. The van der Waals surface area contributed by atoms with Crippen LogP contribution >= 0.6 is 43.2 Å². The molecule has 0 aliphatic carbocycles. The van der Waals surface area contributed by atoms with Crippen molar-refractivity contribution in [2.75, 3.05) is 33.0 Å². The standard InChI is InChI=1S/C16H16Br2N2O4S2/c17-12-8-15(25-16(12)18)26(21,22)20-5-3-19(4-6-20)9-11-1-2-13-14(7-11)24-10-23-13/h1-2,7-8H,3-6,9-10H2/p+1. The molecule has 1 N–H and O–H groups in total. The Balaban J connectivity index is 1.39. The van der Waals surface area contributed by atoms with Crippen molar-refractivity contribution >= 4 is 53.2 Å². The third-order valence-corrected chi connectivity index (χ3v) is 10.1. The predicted octanol–water partition coefficient (Wildman–Crippen LogP) is 2.09. The van der Waals surface area contributed by atoms with Crippen LogP contribution in [0.1, 0.15) is 5.56 Å². The number of piperazine rings is 1. The highest BCUT2D eigenvalue weighted by Crippen LogP contribution is 2.36. The Morgan fingerprint density at radius 2 is 1.85 bits per heavy atom. The Hall–Kier alpha value is -0.650. The molecule has 2 aromatic rings. The van der Waals surface area contributed by atoms with Crippen LogP contribution in [-0.2, 0) is 16.6 Å². The first-order valence-electron chi connectivity index (χ1n) is 8.10. The Kier molecular flexibility index (Phi) is 5.32. The van der Waals surface area contributed by atoms with E-state index in [0.29, 0.717) is 17.3 Å². The number of halogens is 2. The number of quaternary nitrogens is 1. The minimum absolute atomic E-state index is 0.275. The minimum atomic E-state index is -3.43. The molecule has 2 aliphatic heterocycles. The lowest BCUT2D eigenvalue weighted by Crippen LogP contribution is -3.13. The first kappa shape index (κ1) is 18.7. The second-order valence-electron chi connectivity index (χ2n) is 6.21. The Labute approximate surface area is 173 Å². The number of thiophene rings is 1. The van der Waals surface area contributed by atoms with Crippen LogP contribution in [0.4, 0.5) is 0 Å². The van der Waals surface area contributed by atoms with Crippen molar-refractivity contribution in [3.63, 3.8) is 0 Å². The fourth-order valence-corrected chi connectivity index (χ4v) is 7.56. The van der Waals surface area contributed by atoms with Crippen LogP contribution < -0.4 is 14.4 Å². The van der Waals surface area contributed by atoms with Gasteiger partial charge in [0.1, 0.15) is 10.8 Å². The summed E-state index contributed by atoms with van der Waals surface area (Å²) in [5.41, 5.74) is 1.17. The number of benzene rings is 1. The molecule has 4 rings (SSSR count). The number of nitrogens with one attached hydrogen (secondary N) is 1. The molecule has 1 aromatic carbocycles. The third kappa shape index (κ3) is 3.67. The number of fused-ring (bicyclic) bond motifs is 1. The molecule has 0 spiro atoms. The molecule has 0 amide bonds. The van der Waals surface area contributed by atoms with Crippen LogP contribution in [0.15, 0.2) is 36.7 Å². The molecule has 3 heterocycles. The van der Waals surface area contributed by atoms with Gasteiger partial charge in [0.25, 0.3) is 10.0 Å². The first-order valence-corrected chi connectivity index (χ1v) is 11.9. The summed E-state index contributed by atoms with van der Waals surface area (Å²) >= 11 is 7.96. The fourth-order valence-electron chi connectivity index (χ4n) is 3.14. The molecule has 6 nitrogen and oxygen atoms in total. The highest BCUT2D eigenvalue weighted by Gasteiger charge is 2.32. The molecular formula is C16H17Br2N2O4S2+. The summed E-state index contributed by atoms with van der Waals surface area (Å²) in [5.74, 6) is 1.57. The summed E-state index contributed by atoms with van der Waals surface area (Å²) in [6.07, 6.45) is 0. The van der Waals surface area contributed by atoms with E-state index < -0.39 is 10.0 Å². The van der Waals surface area contributed by atoms with E-state index in [1.54, 1.807) is 10.4 Å². The largest absolute Gasteiger partial charge is 0.454 e. The topological polar surface area (TPSA) is 60.3 Å². The Morgan fingerprint density at radius 1 is 1.12 bits per heavy atom. The maximum atomic E-state index is 12.8. The van der Waals surface area contributed by atoms with Crippen molar-refractivity contribution in [2.24, 2.45) is 0 Å². The van der Waals surface area contributed by atoms with Crippen LogP contribution in [0.3, 0.4) is 0 Å². The van der Waals surface area contributed by atoms with Crippen molar-refractivity contribution in [1.29, 1.82) is 0 Å². The van der Waals surface area contributed by atoms with E-state index in [-0.39, 0.29) is 6.79 Å². The lowest BCUT2D eigenvalue weighted by atomic mass is 10.2. The van der Waals surface area contributed by atoms with E-state index in [2.05, 4.69) is 31.9 Å². The normalized spacial score (nSPS) is 18.4. The Bertz CT molecular complexity index is 905. The molecule has 2 aliphatic rings. The highest BCUT2D eigenvalue weighted by molar-refractivity contribution is 9.13. The number of ether oxygens (including phenoxy) is 2. The number of sulfonamides is 1. The second kappa shape index (κ2) is 7.40. The van der Waals surface area contributed by atoms with Gasteiger partial charge in [-0.15, -0.1) is 11.3 Å². The molecule has 1 fully saturated rings. The van der Waals surface area contributed by atoms with E-state index in [0.717, 1.165) is 39.4 Å². The predicted molar refractivity (Wildman–Crippen MR) is 105 cm³/mol. The molecule has 0 bridgehead atoms. The molecule has 0 unspecified atom stereocenters. The molecule has 10 heteroatoms. The quantitative estimate of drug-likeness (QED) is 0.665. The number of hydrogen-bond acceptors (Lipinski definition) is 5. The lowest BCUT2D eigenvalue weighted by Gasteiger charge is -2.31. The summed E-state index contributed by atoms with van der Waals surface area (Å²) in [6.45, 7) is 3.73. The smallest absolute Gasteiger partial charge is 0.253 e. The summed E-state index contributed by atoms with van der Waals surface area (Å²) < 4.78 is 39.9. The molecule has 1 saturated heterocycles. The third-order valence-electron chi connectivity index (χ3n) is 4.54. The zero-order valence-electron chi connectivity index (χ0n) is 13.7. The first-order chi connectivity index (χ1) is 12.4. The van der Waals surface area contributed by atoms with E-state index in [1.807, 2.05) is 18.2 Å². The molecule has 26 heavy (non-hydrogen) atoms. The zero-order valence-corrected chi connectivity index (χ0v) is 18.5. The van der Waals surface area contributed by atoms with Gasteiger partial charge < -0.3 is 14.4 Å². The summed E-state index contributed by atoms with van der Waals surface area (Å²) in [7, 11) is -3.43. The van der Waals surface area contributed by atoms with Crippen LogP contribution in [0.5, 0.6) is 11.5 Å². The monoisotopic (exact) mass is 523 g/mol. The van der Waals surface area contributed by atoms with Gasteiger partial charge in [-0.05, 0) is 56.1 Å². The number of rotatable bonds is 4. The second-order valence-corrected chi connectivity index (χ2v) is 11.6. The van der Waals surface area contributed by atoms with Gasteiger partial charge in [-0.25, -0.2) is 8.42 Å². The van der Waals surface area contributed by atoms with Gasteiger partial charge >= 0.3 is 0 Å². The van der Waals surface area contributed by atoms with Gasteiger partial charge in [-0.2, -0.15) is 4.31 Å². The van der Waals surface area contributed by atoms with E-state index in [4.69, 9.17) is 9.47 Å². The molecular weight excluding hydrogens is 508 g/mol. The average Bonchev–Trinajstić information content (AvgIpc) is 3.22.